The SMILES string of the molecule is COC(=O)[C@@H]1CN2CCC[C@H]2CN1C(=O)OC(C)(C)C. The third kappa shape index (κ3) is 3.23. The van der Waals surface area contributed by atoms with Crippen LogP contribution in [0.25, 0.3) is 0 Å². The number of fused-ring (bicyclic) bond motifs is 1. The van der Waals surface area contributed by atoms with Gasteiger partial charge < -0.3 is 9.47 Å². The molecule has 0 unspecified atom stereocenters. The molecule has 6 nitrogen and oxygen atoms in total. The molecule has 2 saturated heterocycles. The highest BCUT2D eigenvalue weighted by molar-refractivity contribution is 5.82. The van der Waals surface area contributed by atoms with Crippen molar-refractivity contribution in [3.8, 4) is 0 Å². The summed E-state index contributed by atoms with van der Waals surface area (Å²) in [5.74, 6) is -0.374. The fourth-order valence-electron chi connectivity index (χ4n) is 2.88. The molecule has 114 valence electrons. The highest BCUT2D eigenvalue weighted by Crippen LogP contribution is 2.26. The fraction of sp³-hybridized carbons (Fsp3) is 0.857. The van der Waals surface area contributed by atoms with Crippen molar-refractivity contribution in [2.75, 3.05) is 26.7 Å². The van der Waals surface area contributed by atoms with Crippen molar-refractivity contribution in [1.29, 1.82) is 0 Å². The van der Waals surface area contributed by atoms with Crippen LogP contribution >= 0.6 is 0 Å². The van der Waals surface area contributed by atoms with Crippen molar-refractivity contribution in [2.24, 2.45) is 0 Å². The predicted octanol–water partition coefficient (Wildman–Crippen LogP) is 1.24. The Hall–Kier alpha value is -1.30. The molecule has 2 aliphatic rings. The van der Waals surface area contributed by atoms with Gasteiger partial charge in [0.25, 0.3) is 0 Å². The van der Waals surface area contributed by atoms with Gasteiger partial charge in [0.1, 0.15) is 11.6 Å². The third-order valence-electron chi connectivity index (χ3n) is 3.79. The Morgan fingerprint density at radius 1 is 1.20 bits per heavy atom. The van der Waals surface area contributed by atoms with E-state index >= 15 is 0 Å². The Bertz CT molecular complexity index is 391. The van der Waals surface area contributed by atoms with Gasteiger partial charge in [-0.15, -0.1) is 0 Å². The number of hydrogen-bond donors (Lipinski definition) is 0. The first-order chi connectivity index (χ1) is 9.31. The number of amides is 1. The van der Waals surface area contributed by atoms with Gasteiger partial charge in [-0.1, -0.05) is 0 Å². The zero-order valence-electron chi connectivity index (χ0n) is 12.7. The lowest BCUT2D eigenvalue weighted by Gasteiger charge is -2.42. The van der Waals surface area contributed by atoms with E-state index in [1.165, 1.54) is 12.0 Å². The zero-order valence-corrected chi connectivity index (χ0v) is 12.7. The number of carbonyl (C=O) groups is 2. The molecule has 0 spiro atoms. The van der Waals surface area contributed by atoms with Crippen molar-refractivity contribution in [1.82, 2.24) is 9.80 Å². The minimum Gasteiger partial charge on any atom is -0.467 e. The van der Waals surface area contributed by atoms with E-state index in [4.69, 9.17) is 9.47 Å². The molecule has 0 bridgehead atoms. The van der Waals surface area contributed by atoms with Crippen LogP contribution in [-0.4, -0.2) is 66.3 Å². The van der Waals surface area contributed by atoms with E-state index < -0.39 is 17.7 Å². The van der Waals surface area contributed by atoms with Gasteiger partial charge in [-0.05, 0) is 40.2 Å². The van der Waals surface area contributed by atoms with Crippen LogP contribution in [0.5, 0.6) is 0 Å². The molecule has 1 amide bonds. The smallest absolute Gasteiger partial charge is 0.411 e. The summed E-state index contributed by atoms with van der Waals surface area (Å²) in [6.45, 7) is 7.53. The third-order valence-corrected chi connectivity index (χ3v) is 3.79. The van der Waals surface area contributed by atoms with Crippen LogP contribution in [0.1, 0.15) is 33.6 Å². The minimum absolute atomic E-state index is 0.337. The molecule has 0 aromatic rings. The molecule has 0 aliphatic carbocycles. The number of ether oxygens (including phenoxy) is 2. The van der Waals surface area contributed by atoms with E-state index in [0.717, 1.165) is 19.4 Å². The normalized spacial score (nSPS) is 27.1. The van der Waals surface area contributed by atoms with Gasteiger partial charge in [0.15, 0.2) is 0 Å². The summed E-state index contributed by atoms with van der Waals surface area (Å²) in [7, 11) is 1.35. The fourth-order valence-corrected chi connectivity index (χ4v) is 2.88. The summed E-state index contributed by atoms with van der Waals surface area (Å²) >= 11 is 0. The lowest BCUT2D eigenvalue weighted by molar-refractivity contribution is -0.149. The van der Waals surface area contributed by atoms with Crippen molar-refractivity contribution < 1.29 is 19.1 Å². The Kier molecular flexibility index (Phi) is 4.22. The number of rotatable bonds is 1. The molecule has 2 fully saturated rings. The molecule has 6 heteroatoms. The summed E-state index contributed by atoms with van der Waals surface area (Å²) in [6, 6.07) is -0.229. The average molecular weight is 284 g/mol. The molecular weight excluding hydrogens is 260 g/mol. The van der Waals surface area contributed by atoms with E-state index in [1.807, 2.05) is 20.8 Å². The van der Waals surface area contributed by atoms with Gasteiger partial charge in [-0.2, -0.15) is 0 Å². The van der Waals surface area contributed by atoms with Crippen molar-refractivity contribution in [3.63, 3.8) is 0 Å². The second kappa shape index (κ2) is 5.60. The van der Waals surface area contributed by atoms with Crippen LogP contribution in [0.15, 0.2) is 0 Å². The highest BCUT2D eigenvalue weighted by atomic mass is 16.6. The summed E-state index contributed by atoms with van der Waals surface area (Å²) in [6.07, 6.45) is 1.74. The van der Waals surface area contributed by atoms with Crippen LogP contribution in [0.3, 0.4) is 0 Å². The number of piperazine rings is 1. The predicted molar refractivity (Wildman–Crippen MR) is 73.3 cm³/mol. The summed E-state index contributed by atoms with van der Waals surface area (Å²) in [5, 5.41) is 0. The van der Waals surface area contributed by atoms with E-state index in [2.05, 4.69) is 4.90 Å². The maximum absolute atomic E-state index is 12.3. The Morgan fingerprint density at radius 2 is 1.90 bits per heavy atom. The summed E-state index contributed by atoms with van der Waals surface area (Å²) in [4.78, 5) is 28.0. The maximum Gasteiger partial charge on any atom is 0.411 e. The van der Waals surface area contributed by atoms with Crippen LogP contribution in [0, 0.1) is 0 Å². The summed E-state index contributed by atoms with van der Waals surface area (Å²) in [5.41, 5.74) is -0.565. The first kappa shape index (κ1) is 15.1. The molecule has 0 aromatic heterocycles. The molecule has 0 radical (unpaired) electrons. The number of carbonyl (C=O) groups excluding carboxylic acids is 2. The lowest BCUT2D eigenvalue weighted by Crippen LogP contribution is -2.61. The van der Waals surface area contributed by atoms with Gasteiger partial charge in [-0.3, -0.25) is 9.80 Å². The van der Waals surface area contributed by atoms with Crippen molar-refractivity contribution in [3.05, 3.63) is 0 Å². The molecule has 0 saturated carbocycles. The van der Waals surface area contributed by atoms with Gasteiger partial charge in [0.2, 0.25) is 0 Å². The van der Waals surface area contributed by atoms with Crippen LogP contribution in [0.4, 0.5) is 4.79 Å². The molecule has 2 heterocycles. The number of esters is 1. The van der Waals surface area contributed by atoms with E-state index in [0.29, 0.717) is 19.1 Å². The van der Waals surface area contributed by atoms with E-state index in [1.54, 1.807) is 0 Å². The average Bonchev–Trinajstić information content (AvgIpc) is 2.81. The molecular formula is C14H24N2O4. The number of hydrogen-bond acceptors (Lipinski definition) is 5. The van der Waals surface area contributed by atoms with Gasteiger partial charge in [-0.25, -0.2) is 9.59 Å². The van der Waals surface area contributed by atoms with Gasteiger partial charge >= 0.3 is 12.1 Å². The highest BCUT2D eigenvalue weighted by Gasteiger charge is 2.43. The van der Waals surface area contributed by atoms with Gasteiger partial charge in [0.05, 0.1) is 7.11 Å². The molecule has 2 aliphatic heterocycles. The second-order valence-electron chi connectivity index (χ2n) is 6.46. The number of methoxy groups -OCH3 is 1. The Balaban J connectivity index is 2.13. The molecule has 2 atom stereocenters. The standard InChI is InChI=1S/C14H24N2O4/c1-14(2,3)20-13(18)16-8-10-6-5-7-15(10)9-11(16)12(17)19-4/h10-11H,5-9H2,1-4H3/t10-,11-/m0/s1. The zero-order chi connectivity index (χ0) is 14.9. The molecule has 2 rings (SSSR count). The topological polar surface area (TPSA) is 59.1 Å². The summed E-state index contributed by atoms with van der Waals surface area (Å²) < 4.78 is 10.2. The second-order valence-corrected chi connectivity index (χ2v) is 6.46. The largest absolute Gasteiger partial charge is 0.467 e. The Labute approximate surface area is 120 Å². The van der Waals surface area contributed by atoms with Crippen LogP contribution < -0.4 is 0 Å². The quantitative estimate of drug-likeness (QED) is 0.678. The first-order valence-corrected chi connectivity index (χ1v) is 7.13. The number of nitrogens with zero attached hydrogens (tertiary/aromatic N) is 2. The van der Waals surface area contributed by atoms with Gasteiger partial charge in [0, 0.05) is 19.1 Å². The lowest BCUT2D eigenvalue weighted by atomic mass is 10.1. The monoisotopic (exact) mass is 284 g/mol. The molecule has 0 aromatic carbocycles. The molecule has 20 heavy (non-hydrogen) atoms. The van der Waals surface area contributed by atoms with Crippen molar-refractivity contribution >= 4 is 12.1 Å². The van der Waals surface area contributed by atoms with Crippen molar-refractivity contribution in [2.45, 2.75) is 51.3 Å². The van der Waals surface area contributed by atoms with E-state index in [-0.39, 0.29) is 5.97 Å². The minimum atomic E-state index is -0.566. The maximum atomic E-state index is 12.3. The van der Waals surface area contributed by atoms with Crippen LogP contribution in [0.2, 0.25) is 0 Å². The van der Waals surface area contributed by atoms with Crippen LogP contribution in [-0.2, 0) is 14.3 Å². The Morgan fingerprint density at radius 3 is 2.50 bits per heavy atom. The van der Waals surface area contributed by atoms with E-state index in [9.17, 15) is 9.59 Å². The molecule has 0 N–H and O–H groups in total. The first-order valence-electron chi connectivity index (χ1n) is 7.13.